The summed E-state index contributed by atoms with van der Waals surface area (Å²) in [4.78, 5) is 11.6. The van der Waals surface area contributed by atoms with Gasteiger partial charge in [-0.05, 0) is 37.8 Å². The van der Waals surface area contributed by atoms with E-state index < -0.39 is 0 Å². The van der Waals surface area contributed by atoms with Crippen molar-refractivity contribution in [2.75, 3.05) is 13.2 Å². The molecule has 1 aromatic rings. The Kier molecular flexibility index (Phi) is 4.56. The van der Waals surface area contributed by atoms with Crippen molar-refractivity contribution < 1.29 is 9.53 Å². The maximum Gasteiger partial charge on any atom is 0.323 e. The highest BCUT2D eigenvalue weighted by Crippen LogP contribution is 2.07. The Morgan fingerprint density at radius 1 is 1.35 bits per heavy atom. The molecule has 1 aromatic carbocycles. The van der Waals surface area contributed by atoms with Gasteiger partial charge in [-0.2, -0.15) is 0 Å². The zero-order chi connectivity index (χ0) is 11.9. The molecule has 2 rings (SSSR count). The molecule has 1 aliphatic rings. The van der Waals surface area contributed by atoms with E-state index >= 15 is 0 Å². The summed E-state index contributed by atoms with van der Waals surface area (Å²) >= 11 is 0. The maximum absolute atomic E-state index is 11.6. The SMILES string of the molecule is O=C(OCCCc1ccccc1)C1CCCN1. The molecule has 0 amide bonds. The van der Waals surface area contributed by atoms with Gasteiger partial charge in [-0.3, -0.25) is 4.79 Å². The van der Waals surface area contributed by atoms with Crippen LogP contribution in [-0.4, -0.2) is 25.2 Å². The number of hydrogen-bond acceptors (Lipinski definition) is 3. The van der Waals surface area contributed by atoms with E-state index in [2.05, 4.69) is 17.4 Å². The van der Waals surface area contributed by atoms with Crippen LogP contribution in [0.4, 0.5) is 0 Å². The van der Waals surface area contributed by atoms with Gasteiger partial charge in [0.15, 0.2) is 0 Å². The third kappa shape index (κ3) is 3.86. The van der Waals surface area contributed by atoms with Gasteiger partial charge in [-0.25, -0.2) is 0 Å². The smallest absolute Gasteiger partial charge is 0.323 e. The number of benzene rings is 1. The highest BCUT2D eigenvalue weighted by atomic mass is 16.5. The minimum Gasteiger partial charge on any atom is -0.465 e. The molecule has 1 fully saturated rings. The first-order valence-corrected chi connectivity index (χ1v) is 6.30. The van der Waals surface area contributed by atoms with E-state index in [1.54, 1.807) is 0 Å². The van der Waals surface area contributed by atoms with Gasteiger partial charge < -0.3 is 10.1 Å². The molecule has 3 nitrogen and oxygen atoms in total. The van der Waals surface area contributed by atoms with Crippen LogP contribution in [0.25, 0.3) is 0 Å². The van der Waals surface area contributed by atoms with Crippen molar-refractivity contribution in [2.24, 2.45) is 0 Å². The summed E-state index contributed by atoms with van der Waals surface area (Å²) in [6, 6.07) is 10.2. The van der Waals surface area contributed by atoms with Gasteiger partial charge in [0.25, 0.3) is 0 Å². The highest BCUT2D eigenvalue weighted by Gasteiger charge is 2.22. The number of carbonyl (C=O) groups is 1. The van der Waals surface area contributed by atoms with Gasteiger partial charge in [0.2, 0.25) is 0 Å². The molecule has 0 saturated carbocycles. The number of aryl methyl sites for hydroxylation is 1. The molecule has 3 heteroatoms. The van der Waals surface area contributed by atoms with E-state index in [4.69, 9.17) is 4.74 Å². The molecule has 1 unspecified atom stereocenters. The molecule has 1 saturated heterocycles. The van der Waals surface area contributed by atoms with E-state index in [1.807, 2.05) is 18.2 Å². The monoisotopic (exact) mass is 233 g/mol. The second-order valence-electron chi connectivity index (χ2n) is 4.41. The van der Waals surface area contributed by atoms with Gasteiger partial charge in [-0.15, -0.1) is 0 Å². The van der Waals surface area contributed by atoms with Crippen LogP contribution in [0.1, 0.15) is 24.8 Å². The molecule has 1 aliphatic heterocycles. The average molecular weight is 233 g/mol. The Morgan fingerprint density at radius 2 is 2.18 bits per heavy atom. The predicted octanol–water partition coefficient (Wildman–Crippen LogP) is 1.91. The van der Waals surface area contributed by atoms with Crippen LogP contribution >= 0.6 is 0 Å². The Balaban J connectivity index is 1.61. The zero-order valence-electron chi connectivity index (χ0n) is 10.0. The molecule has 17 heavy (non-hydrogen) atoms. The van der Waals surface area contributed by atoms with Crippen molar-refractivity contribution in [1.82, 2.24) is 5.32 Å². The van der Waals surface area contributed by atoms with E-state index in [-0.39, 0.29) is 12.0 Å². The third-order valence-electron chi connectivity index (χ3n) is 3.04. The summed E-state index contributed by atoms with van der Waals surface area (Å²) in [6.07, 6.45) is 3.84. The molecule has 0 bridgehead atoms. The maximum atomic E-state index is 11.6. The highest BCUT2D eigenvalue weighted by molar-refractivity contribution is 5.76. The number of esters is 1. The Hall–Kier alpha value is -1.35. The number of hydrogen-bond donors (Lipinski definition) is 1. The lowest BCUT2D eigenvalue weighted by molar-refractivity contribution is -0.145. The van der Waals surface area contributed by atoms with Crippen molar-refractivity contribution >= 4 is 5.97 Å². The van der Waals surface area contributed by atoms with Crippen molar-refractivity contribution in [1.29, 1.82) is 0 Å². The van der Waals surface area contributed by atoms with E-state index in [1.165, 1.54) is 5.56 Å². The normalized spacial score (nSPS) is 19.2. The third-order valence-corrected chi connectivity index (χ3v) is 3.04. The molecule has 1 heterocycles. The lowest BCUT2D eigenvalue weighted by Crippen LogP contribution is -2.32. The van der Waals surface area contributed by atoms with Crippen LogP contribution in [0.3, 0.4) is 0 Å². The van der Waals surface area contributed by atoms with Crippen LogP contribution < -0.4 is 5.32 Å². The van der Waals surface area contributed by atoms with Crippen molar-refractivity contribution in [3.63, 3.8) is 0 Å². The lowest BCUT2D eigenvalue weighted by atomic mass is 10.1. The van der Waals surface area contributed by atoms with Crippen LogP contribution in [0.15, 0.2) is 30.3 Å². The first kappa shape index (κ1) is 12.1. The van der Waals surface area contributed by atoms with Crippen molar-refractivity contribution in [3.8, 4) is 0 Å². The molecule has 0 aromatic heterocycles. The summed E-state index contributed by atoms with van der Waals surface area (Å²) in [5.74, 6) is -0.0874. The number of nitrogens with one attached hydrogen (secondary N) is 1. The lowest BCUT2D eigenvalue weighted by Gasteiger charge is -2.10. The number of carbonyl (C=O) groups excluding carboxylic acids is 1. The van der Waals surface area contributed by atoms with Gasteiger partial charge in [0.05, 0.1) is 6.61 Å². The van der Waals surface area contributed by atoms with Crippen molar-refractivity contribution in [2.45, 2.75) is 31.7 Å². The fourth-order valence-corrected chi connectivity index (χ4v) is 2.08. The van der Waals surface area contributed by atoms with Crippen LogP contribution in [-0.2, 0) is 16.0 Å². The Labute approximate surface area is 102 Å². The Bertz CT molecular complexity index is 344. The summed E-state index contributed by atoms with van der Waals surface area (Å²) in [6.45, 7) is 1.45. The zero-order valence-corrected chi connectivity index (χ0v) is 10.0. The van der Waals surface area contributed by atoms with Gasteiger partial charge in [0.1, 0.15) is 6.04 Å². The Morgan fingerprint density at radius 3 is 2.88 bits per heavy atom. The summed E-state index contributed by atoms with van der Waals surface area (Å²) in [5.41, 5.74) is 1.29. The summed E-state index contributed by atoms with van der Waals surface area (Å²) in [7, 11) is 0. The van der Waals surface area contributed by atoms with Crippen LogP contribution in [0.2, 0.25) is 0 Å². The molecule has 1 N–H and O–H groups in total. The van der Waals surface area contributed by atoms with Gasteiger partial charge in [0, 0.05) is 0 Å². The molecule has 0 radical (unpaired) electrons. The minimum atomic E-state index is -0.0874. The number of rotatable bonds is 5. The molecule has 1 atom stereocenters. The topological polar surface area (TPSA) is 38.3 Å². The fraction of sp³-hybridized carbons (Fsp3) is 0.500. The number of ether oxygens (including phenoxy) is 1. The quantitative estimate of drug-likeness (QED) is 0.623. The van der Waals surface area contributed by atoms with Gasteiger partial charge >= 0.3 is 5.97 Å². The molecule has 0 spiro atoms. The molecule has 92 valence electrons. The van der Waals surface area contributed by atoms with E-state index in [0.717, 1.165) is 32.2 Å². The molecular formula is C14H19NO2. The molecular weight excluding hydrogens is 214 g/mol. The largest absolute Gasteiger partial charge is 0.465 e. The summed E-state index contributed by atoms with van der Waals surface area (Å²) in [5, 5.41) is 3.14. The average Bonchev–Trinajstić information content (AvgIpc) is 2.89. The van der Waals surface area contributed by atoms with E-state index in [9.17, 15) is 4.79 Å². The van der Waals surface area contributed by atoms with Gasteiger partial charge in [-0.1, -0.05) is 30.3 Å². The van der Waals surface area contributed by atoms with E-state index in [0.29, 0.717) is 6.61 Å². The second kappa shape index (κ2) is 6.40. The first-order chi connectivity index (χ1) is 8.36. The fourth-order valence-electron chi connectivity index (χ4n) is 2.08. The van der Waals surface area contributed by atoms with Crippen LogP contribution in [0, 0.1) is 0 Å². The van der Waals surface area contributed by atoms with Crippen molar-refractivity contribution in [3.05, 3.63) is 35.9 Å². The predicted molar refractivity (Wildman–Crippen MR) is 66.7 cm³/mol. The molecule has 0 aliphatic carbocycles. The standard InChI is InChI=1S/C14H19NO2/c16-14(13-9-4-10-15-13)17-11-5-8-12-6-2-1-3-7-12/h1-3,6-7,13,15H,4-5,8-11H2. The summed E-state index contributed by atoms with van der Waals surface area (Å²) < 4.78 is 5.25. The minimum absolute atomic E-state index is 0.0632. The second-order valence-corrected chi connectivity index (χ2v) is 4.41. The first-order valence-electron chi connectivity index (χ1n) is 6.30. The van der Waals surface area contributed by atoms with Crippen LogP contribution in [0.5, 0.6) is 0 Å².